The molecule has 39 heavy (non-hydrogen) atoms. The zero-order chi connectivity index (χ0) is 27.3. The molecular formula is C29H29N3O6S. The van der Waals surface area contributed by atoms with Crippen molar-refractivity contribution in [1.82, 2.24) is 9.97 Å². The van der Waals surface area contributed by atoms with Crippen molar-refractivity contribution < 1.29 is 27.0 Å². The summed E-state index contributed by atoms with van der Waals surface area (Å²) in [4.78, 5) is 9.05. The first-order chi connectivity index (χ1) is 18.9. The summed E-state index contributed by atoms with van der Waals surface area (Å²) in [6, 6.07) is 17.8. The van der Waals surface area contributed by atoms with E-state index in [4.69, 9.17) is 23.8 Å². The van der Waals surface area contributed by atoms with Crippen LogP contribution in [0, 0.1) is 0 Å². The largest absolute Gasteiger partial charge is 0.488 e. The third-order valence-corrected chi connectivity index (χ3v) is 7.60. The molecular weight excluding hydrogens is 518 g/mol. The van der Waals surface area contributed by atoms with E-state index < -0.39 is 15.6 Å². The number of rotatable bonds is 9. The lowest BCUT2D eigenvalue weighted by molar-refractivity contribution is -0.0950. The Hall–Kier alpha value is -3.83. The number of hydrogen-bond donors (Lipinski definition) is 1. The van der Waals surface area contributed by atoms with Crippen molar-refractivity contribution in [2.24, 2.45) is 5.14 Å². The molecule has 4 aromatic rings. The Morgan fingerprint density at radius 2 is 1.77 bits per heavy atom. The minimum atomic E-state index is -3.80. The van der Waals surface area contributed by atoms with Crippen LogP contribution in [-0.2, 0) is 25.1 Å². The number of aromatic nitrogens is 2. The third kappa shape index (κ3) is 6.10. The molecule has 202 valence electrons. The number of pyridine rings is 1. The smallest absolute Gasteiger partial charge is 0.238 e. The topological polar surface area (TPSA) is 127 Å². The fourth-order valence-corrected chi connectivity index (χ4v) is 5.06. The van der Waals surface area contributed by atoms with Gasteiger partial charge in [0, 0.05) is 62.1 Å². The van der Waals surface area contributed by atoms with E-state index in [1.165, 1.54) is 12.1 Å². The zero-order valence-electron chi connectivity index (χ0n) is 21.4. The molecule has 5 rings (SSSR count). The maximum Gasteiger partial charge on any atom is 0.238 e. The van der Waals surface area contributed by atoms with Crippen molar-refractivity contribution in [3.8, 4) is 28.3 Å². The Morgan fingerprint density at radius 3 is 2.46 bits per heavy atom. The second-order valence-electron chi connectivity index (χ2n) is 9.10. The Morgan fingerprint density at radius 1 is 1.03 bits per heavy atom. The van der Waals surface area contributed by atoms with Gasteiger partial charge in [-0.05, 0) is 36.4 Å². The highest BCUT2D eigenvalue weighted by atomic mass is 32.2. The quantitative estimate of drug-likeness (QED) is 0.317. The fourth-order valence-electron chi connectivity index (χ4n) is 4.54. The van der Waals surface area contributed by atoms with E-state index in [9.17, 15) is 8.42 Å². The van der Waals surface area contributed by atoms with Crippen LogP contribution in [0.15, 0.2) is 88.4 Å². The van der Waals surface area contributed by atoms with Gasteiger partial charge < -0.3 is 18.6 Å². The summed E-state index contributed by atoms with van der Waals surface area (Å²) in [5.41, 5.74) is 2.72. The second-order valence-corrected chi connectivity index (χ2v) is 10.7. The number of ether oxygens (including phenoxy) is 3. The number of oxazole rings is 1. The van der Waals surface area contributed by atoms with Crippen LogP contribution >= 0.6 is 0 Å². The predicted octanol–water partition coefficient (Wildman–Crippen LogP) is 4.80. The molecule has 2 aromatic carbocycles. The molecule has 0 saturated carbocycles. The number of benzene rings is 2. The van der Waals surface area contributed by atoms with Crippen molar-refractivity contribution in [3.63, 3.8) is 0 Å². The van der Waals surface area contributed by atoms with Gasteiger partial charge in [0.2, 0.25) is 15.9 Å². The molecule has 10 heteroatoms. The van der Waals surface area contributed by atoms with Crippen LogP contribution in [0.25, 0.3) is 28.7 Å². The van der Waals surface area contributed by atoms with Crippen molar-refractivity contribution in [3.05, 3.63) is 90.6 Å². The molecule has 0 aliphatic carbocycles. The highest BCUT2D eigenvalue weighted by Gasteiger charge is 2.35. The Balaban J connectivity index is 1.34. The molecule has 1 fully saturated rings. The molecule has 0 amide bonds. The number of nitrogens with zero attached hydrogens (tertiary/aromatic N) is 2. The van der Waals surface area contributed by atoms with Crippen LogP contribution in [0.1, 0.15) is 24.3 Å². The summed E-state index contributed by atoms with van der Waals surface area (Å²) in [6.45, 7) is 1.55. The highest BCUT2D eigenvalue weighted by molar-refractivity contribution is 7.89. The minimum Gasteiger partial charge on any atom is -0.488 e. The number of nitrogens with two attached hydrogens (primary N) is 1. The van der Waals surface area contributed by atoms with Crippen LogP contribution < -0.4 is 9.88 Å². The first kappa shape index (κ1) is 26.8. The van der Waals surface area contributed by atoms with E-state index in [1.54, 1.807) is 31.5 Å². The molecule has 0 atom stereocenters. The molecule has 9 nitrogen and oxygen atoms in total. The number of methoxy groups -OCH3 is 1. The van der Waals surface area contributed by atoms with Crippen molar-refractivity contribution in [2.75, 3.05) is 26.9 Å². The van der Waals surface area contributed by atoms with Crippen molar-refractivity contribution >= 4 is 16.1 Å². The summed E-state index contributed by atoms with van der Waals surface area (Å²) in [7, 11) is -2.09. The Bertz CT molecular complexity index is 1540. The van der Waals surface area contributed by atoms with Gasteiger partial charge in [-0.2, -0.15) is 0 Å². The molecule has 0 spiro atoms. The first-order valence-electron chi connectivity index (χ1n) is 12.5. The van der Waals surface area contributed by atoms with Crippen molar-refractivity contribution in [1.29, 1.82) is 0 Å². The van der Waals surface area contributed by atoms with E-state index in [0.29, 0.717) is 41.9 Å². The number of sulfonamides is 1. The van der Waals surface area contributed by atoms with Gasteiger partial charge in [0.25, 0.3) is 0 Å². The molecule has 0 bridgehead atoms. The lowest BCUT2D eigenvalue weighted by atomic mass is 9.87. The predicted molar refractivity (Wildman–Crippen MR) is 146 cm³/mol. The molecule has 0 unspecified atom stereocenters. The van der Waals surface area contributed by atoms with Crippen molar-refractivity contribution in [2.45, 2.75) is 23.3 Å². The van der Waals surface area contributed by atoms with E-state index >= 15 is 0 Å². The van der Waals surface area contributed by atoms with Gasteiger partial charge in [-0.15, -0.1) is 0 Å². The standard InChI is InChI=1S/C29H29N3O6S/c1-35-29(13-16-36-17-14-29)23-18-24(20-31-19-23)37-15-5-8-26-32-27(21-6-3-2-4-7-21)28(38-26)22-9-11-25(12-10-22)39(30,33)34/h2-12,18-20H,13-17H2,1H3,(H2,30,33,34). The summed E-state index contributed by atoms with van der Waals surface area (Å²) < 4.78 is 46.7. The van der Waals surface area contributed by atoms with Gasteiger partial charge in [-0.3, -0.25) is 4.98 Å². The molecule has 2 aromatic heterocycles. The molecule has 1 aliphatic heterocycles. The summed E-state index contributed by atoms with van der Waals surface area (Å²) in [5, 5.41) is 5.24. The van der Waals surface area contributed by atoms with E-state index in [2.05, 4.69) is 9.97 Å². The molecule has 1 aliphatic rings. The number of hydrogen-bond acceptors (Lipinski definition) is 8. The third-order valence-electron chi connectivity index (χ3n) is 6.67. The molecule has 1 saturated heterocycles. The molecule has 0 radical (unpaired) electrons. The van der Waals surface area contributed by atoms with Gasteiger partial charge in [-0.1, -0.05) is 30.3 Å². The lowest BCUT2D eigenvalue weighted by Gasteiger charge is -2.36. The zero-order valence-corrected chi connectivity index (χ0v) is 22.3. The van der Waals surface area contributed by atoms with E-state index in [1.807, 2.05) is 48.7 Å². The number of primary sulfonamides is 1. The van der Waals surface area contributed by atoms with Gasteiger partial charge >= 0.3 is 0 Å². The van der Waals surface area contributed by atoms with Gasteiger partial charge in [0.1, 0.15) is 18.1 Å². The molecule has 2 N–H and O–H groups in total. The normalized spacial score (nSPS) is 15.4. The monoisotopic (exact) mass is 547 g/mol. The summed E-state index contributed by atoms with van der Waals surface area (Å²) >= 11 is 0. The Labute approximate surface area is 227 Å². The maximum absolute atomic E-state index is 11.7. The fraction of sp³-hybridized carbons (Fsp3) is 0.241. The van der Waals surface area contributed by atoms with E-state index in [-0.39, 0.29) is 11.5 Å². The first-order valence-corrected chi connectivity index (χ1v) is 14.0. The highest BCUT2D eigenvalue weighted by Crippen LogP contribution is 2.36. The van der Waals surface area contributed by atoms with Gasteiger partial charge in [-0.25, -0.2) is 18.5 Å². The average molecular weight is 548 g/mol. The van der Waals surface area contributed by atoms with Crippen LogP contribution in [0.4, 0.5) is 0 Å². The second kappa shape index (κ2) is 11.5. The molecule has 3 heterocycles. The van der Waals surface area contributed by atoms with Crippen LogP contribution in [0.3, 0.4) is 0 Å². The summed E-state index contributed by atoms with van der Waals surface area (Å²) in [5.74, 6) is 1.53. The minimum absolute atomic E-state index is 0.0242. The Kier molecular flexibility index (Phi) is 7.89. The van der Waals surface area contributed by atoms with Crippen LogP contribution in [0.5, 0.6) is 5.75 Å². The summed E-state index contributed by atoms with van der Waals surface area (Å²) in [6.07, 6.45) is 8.54. The lowest BCUT2D eigenvalue weighted by Crippen LogP contribution is -2.35. The van der Waals surface area contributed by atoms with Gasteiger partial charge in [0.15, 0.2) is 5.76 Å². The van der Waals surface area contributed by atoms with Gasteiger partial charge in [0.05, 0.1) is 16.7 Å². The maximum atomic E-state index is 11.7. The van der Waals surface area contributed by atoms with E-state index in [0.717, 1.165) is 24.0 Å². The van der Waals surface area contributed by atoms with Crippen LogP contribution in [0.2, 0.25) is 0 Å². The SMILES string of the molecule is COC1(c2cncc(OCC=Cc3nc(-c4ccccc4)c(-c4ccc(S(N)(=O)=O)cc4)o3)c2)CCOCC1. The van der Waals surface area contributed by atoms with Crippen LogP contribution in [-0.4, -0.2) is 45.3 Å². The average Bonchev–Trinajstić information content (AvgIpc) is 3.40.